The van der Waals surface area contributed by atoms with E-state index in [-0.39, 0.29) is 5.69 Å². The molecule has 1 aromatic carbocycles. The Morgan fingerprint density at radius 1 is 1.50 bits per heavy atom. The number of halogens is 1. The van der Waals surface area contributed by atoms with Gasteiger partial charge in [0.05, 0.1) is 4.92 Å². The van der Waals surface area contributed by atoms with Crippen LogP contribution in [0.15, 0.2) is 18.2 Å². The maximum Gasteiger partial charge on any atom is 0.269 e. The number of nitro benzene ring substituents is 1. The Morgan fingerprint density at radius 2 is 2.17 bits per heavy atom. The van der Waals surface area contributed by atoms with Crippen LogP contribution >= 0.6 is 11.6 Å². The Labute approximate surface area is 112 Å². The van der Waals surface area contributed by atoms with E-state index in [1.165, 1.54) is 12.1 Å². The summed E-state index contributed by atoms with van der Waals surface area (Å²) in [4.78, 5) is 12.4. The van der Waals surface area contributed by atoms with Gasteiger partial charge in [0, 0.05) is 36.3 Å². The van der Waals surface area contributed by atoms with Crippen molar-refractivity contribution in [1.82, 2.24) is 10.2 Å². The van der Waals surface area contributed by atoms with E-state index >= 15 is 0 Å². The lowest BCUT2D eigenvalue weighted by atomic mass is 10.2. The average Bonchev–Trinajstić information content (AvgIpc) is 2.30. The molecule has 18 heavy (non-hydrogen) atoms. The Morgan fingerprint density at radius 3 is 2.72 bits per heavy atom. The van der Waals surface area contributed by atoms with Crippen molar-refractivity contribution in [1.29, 1.82) is 0 Å². The topological polar surface area (TPSA) is 58.4 Å². The normalized spacial score (nSPS) is 12.7. The number of non-ortho nitro benzene ring substituents is 1. The highest BCUT2D eigenvalue weighted by Crippen LogP contribution is 2.21. The lowest BCUT2D eigenvalue weighted by Crippen LogP contribution is -2.35. The van der Waals surface area contributed by atoms with Crippen molar-refractivity contribution >= 4 is 17.3 Å². The third kappa shape index (κ3) is 4.25. The van der Waals surface area contributed by atoms with E-state index in [2.05, 4.69) is 17.1 Å². The van der Waals surface area contributed by atoms with Gasteiger partial charge < -0.3 is 10.2 Å². The first kappa shape index (κ1) is 14.9. The molecule has 100 valence electrons. The Kier molecular flexibility index (Phi) is 5.53. The molecule has 5 nitrogen and oxygen atoms in total. The molecule has 1 rings (SSSR count). The molecule has 0 saturated heterocycles. The minimum Gasteiger partial charge on any atom is -0.311 e. The van der Waals surface area contributed by atoms with E-state index in [1.54, 1.807) is 6.07 Å². The van der Waals surface area contributed by atoms with Crippen LogP contribution in [0, 0.1) is 10.1 Å². The van der Waals surface area contributed by atoms with Crippen LogP contribution in [0.4, 0.5) is 5.69 Å². The Bertz CT molecular complexity index is 424. The van der Waals surface area contributed by atoms with Crippen LogP contribution in [-0.2, 0) is 6.54 Å². The van der Waals surface area contributed by atoms with E-state index in [9.17, 15) is 10.1 Å². The second kappa shape index (κ2) is 6.68. The number of nitrogens with one attached hydrogen (secondary N) is 1. The van der Waals surface area contributed by atoms with Crippen LogP contribution < -0.4 is 5.32 Å². The fourth-order valence-corrected chi connectivity index (χ4v) is 1.59. The van der Waals surface area contributed by atoms with E-state index in [4.69, 9.17) is 11.6 Å². The highest BCUT2D eigenvalue weighted by Gasteiger charge is 2.10. The molecule has 0 fully saturated rings. The third-order valence-corrected chi connectivity index (χ3v) is 3.25. The molecule has 0 aliphatic rings. The molecule has 6 heteroatoms. The van der Waals surface area contributed by atoms with Crippen molar-refractivity contribution in [3.05, 3.63) is 38.9 Å². The molecule has 0 heterocycles. The second-order valence-corrected chi connectivity index (χ2v) is 4.88. The lowest BCUT2D eigenvalue weighted by Gasteiger charge is -2.20. The highest BCUT2D eigenvalue weighted by molar-refractivity contribution is 6.31. The first-order valence-corrected chi connectivity index (χ1v) is 6.09. The number of likely N-dealkylation sites (N-methyl/N-ethyl adjacent to an activating group) is 1. The zero-order chi connectivity index (χ0) is 13.7. The standard InChI is InChI=1S/C12H18ClN3O2/c1-9(15(2)3)7-14-8-10-6-11(16(17)18)4-5-12(10)13/h4-6,9,14H,7-8H2,1-3H3. The fourth-order valence-electron chi connectivity index (χ4n) is 1.41. The van der Waals surface area contributed by atoms with Crippen molar-refractivity contribution in [2.24, 2.45) is 0 Å². The summed E-state index contributed by atoms with van der Waals surface area (Å²) in [5, 5.41) is 14.5. The van der Waals surface area contributed by atoms with Gasteiger partial charge in [-0.1, -0.05) is 11.6 Å². The van der Waals surface area contributed by atoms with Crippen molar-refractivity contribution in [2.75, 3.05) is 20.6 Å². The molecule has 1 unspecified atom stereocenters. The third-order valence-electron chi connectivity index (χ3n) is 2.88. The highest BCUT2D eigenvalue weighted by atomic mass is 35.5. The summed E-state index contributed by atoms with van der Waals surface area (Å²) >= 11 is 6.01. The van der Waals surface area contributed by atoms with Crippen molar-refractivity contribution in [3.63, 3.8) is 0 Å². The first-order chi connectivity index (χ1) is 8.41. The smallest absolute Gasteiger partial charge is 0.269 e. The molecule has 0 bridgehead atoms. The summed E-state index contributed by atoms with van der Waals surface area (Å²) in [7, 11) is 4.01. The van der Waals surface area contributed by atoms with E-state index in [0.717, 1.165) is 12.1 Å². The maximum atomic E-state index is 10.7. The van der Waals surface area contributed by atoms with Gasteiger partial charge in [-0.25, -0.2) is 0 Å². The van der Waals surface area contributed by atoms with Gasteiger partial charge in [-0.3, -0.25) is 10.1 Å². The molecule has 0 amide bonds. The zero-order valence-corrected chi connectivity index (χ0v) is 11.6. The molecule has 0 aromatic heterocycles. The van der Waals surface area contributed by atoms with Crippen LogP contribution in [0.3, 0.4) is 0 Å². The first-order valence-electron chi connectivity index (χ1n) is 5.71. The molecule has 1 aromatic rings. The second-order valence-electron chi connectivity index (χ2n) is 4.48. The molecule has 1 atom stereocenters. The number of rotatable bonds is 6. The van der Waals surface area contributed by atoms with Crippen LogP contribution in [0.1, 0.15) is 12.5 Å². The molecule has 0 aliphatic carbocycles. The molecule has 1 N–H and O–H groups in total. The van der Waals surface area contributed by atoms with Gasteiger partial charge in [-0.15, -0.1) is 0 Å². The van der Waals surface area contributed by atoms with E-state index in [0.29, 0.717) is 17.6 Å². The van der Waals surface area contributed by atoms with Crippen LogP contribution in [-0.4, -0.2) is 36.5 Å². The molecule has 0 radical (unpaired) electrons. The molecule has 0 spiro atoms. The molecule has 0 aliphatic heterocycles. The van der Waals surface area contributed by atoms with Gasteiger partial charge in [0.2, 0.25) is 0 Å². The lowest BCUT2D eigenvalue weighted by molar-refractivity contribution is -0.384. The molecular weight excluding hydrogens is 254 g/mol. The number of hydrogen-bond donors (Lipinski definition) is 1. The summed E-state index contributed by atoms with van der Waals surface area (Å²) in [6.45, 7) is 3.42. The summed E-state index contributed by atoms with van der Waals surface area (Å²) in [6, 6.07) is 4.87. The van der Waals surface area contributed by atoms with Crippen molar-refractivity contribution in [2.45, 2.75) is 19.5 Å². The maximum absolute atomic E-state index is 10.7. The average molecular weight is 272 g/mol. The summed E-state index contributed by atoms with van der Waals surface area (Å²) in [5.41, 5.74) is 0.814. The monoisotopic (exact) mass is 271 g/mol. The predicted octanol–water partition coefficient (Wildman–Crippen LogP) is 2.29. The molecule has 0 saturated carbocycles. The Balaban J connectivity index is 2.61. The van der Waals surface area contributed by atoms with Crippen molar-refractivity contribution in [3.8, 4) is 0 Å². The SMILES string of the molecule is CC(CNCc1cc([N+](=O)[O-])ccc1Cl)N(C)C. The van der Waals surface area contributed by atoms with Crippen LogP contribution in [0.25, 0.3) is 0 Å². The quantitative estimate of drug-likeness (QED) is 0.637. The van der Waals surface area contributed by atoms with Gasteiger partial charge in [-0.05, 0) is 32.6 Å². The summed E-state index contributed by atoms with van der Waals surface area (Å²) in [5.74, 6) is 0. The molecular formula is C12H18ClN3O2. The number of nitrogens with zero attached hydrogens (tertiary/aromatic N) is 2. The minimum absolute atomic E-state index is 0.0665. The minimum atomic E-state index is -0.414. The number of nitro groups is 1. The fraction of sp³-hybridized carbons (Fsp3) is 0.500. The Hall–Kier alpha value is -1.17. The number of hydrogen-bond acceptors (Lipinski definition) is 4. The van der Waals surface area contributed by atoms with Gasteiger partial charge in [0.25, 0.3) is 5.69 Å². The summed E-state index contributed by atoms with van der Waals surface area (Å²) < 4.78 is 0. The van der Waals surface area contributed by atoms with Crippen LogP contribution in [0.2, 0.25) is 5.02 Å². The van der Waals surface area contributed by atoms with E-state index < -0.39 is 4.92 Å². The zero-order valence-electron chi connectivity index (χ0n) is 10.8. The van der Waals surface area contributed by atoms with Gasteiger partial charge in [-0.2, -0.15) is 0 Å². The van der Waals surface area contributed by atoms with Crippen molar-refractivity contribution < 1.29 is 4.92 Å². The summed E-state index contributed by atoms with van der Waals surface area (Å²) in [6.07, 6.45) is 0. The van der Waals surface area contributed by atoms with Crippen LogP contribution in [0.5, 0.6) is 0 Å². The van der Waals surface area contributed by atoms with Gasteiger partial charge in [0.1, 0.15) is 0 Å². The largest absolute Gasteiger partial charge is 0.311 e. The van der Waals surface area contributed by atoms with Gasteiger partial charge >= 0.3 is 0 Å². The number of benzene rings is 1. The van der Waals surface area contributed by atoms with E-state index in [1.807, 2.05) is 14.1 Å². The van der Waals surface area contributed by atoms with Gasteiger partial charge in [0.15, 0.2) is 0 Å². The predicted molar refractivity (Wildman–Crippen MR) is 73.0 cm³/mol.